The third kappa shape index (κ3) is 5.52. The molecule has 31 heavy (non-hydrogen) atoms. The van der Waals surface area contributed by atoms with Gasteiger partial charge in [0, 0.05) is 17.5 Å². The maximum atomic E-state index is 13.0. The fourth-order valence-corrected chi connectivity index (χ4v) is 3.57. The van der Waals surface area contributed by atoms with E-state index in [2.05, 4.69) is 16.8 Å². The van der Waals surface area contributed by atoms with Crippen LogP contribution in [-0.2, 0) is 21.5 Å². The number of carbonyl (C=O) groups is 1. The van der Waals surface area contributed by atoms with Gasteiger partial charge in [0.2, 0.25) is 0 Å². The number of alkyl halides is 3. The summed E-state index contributed by atoms with van der Waals surface area (Å²) in [5.41, 5.74) is 1.12. The maximum Gasteiger partial charge on any atom is 0.416 e. The fourth-order valence-electron chi connectivity index (χ4n) is 2.82. The molecule has 0 aliphatic rings. The van der Waals surface area contributed by atoms with Gasteiger partial charge in [0.15, 0.2) is 11.4 Å². The van der Waals surface area contributed by atoms with Crippen molar-refractivity contribution in [2.24, 2.45) is 0 Å². The number of esters is 1. The van der Waals surface area contributed by atoms with Crippen LogP contribution in [0.2, 0.25) is 0 Å². The summed E-state index contributed by atoms with van der Waals surface area (Å²) < 4.78 is 50.9. The molecule has 0 spiro atoms. The van der Waals surface area contributed by atoms with E-state index in [0.717, 1.165) is 12.1 Å². The number of benzene rings is 1. The molecule has 3 rings (SSSR count). The molecule has 0 amide bonds. The van der Waals surface area contributed by atoms with Gasteiger partial charge in [0.05, 0.1) is 30.7 Å². The summed E-state index contributed by atoms with van der Waals surface area (Å²) in [6, 6.07) is 8.36. The minimum Gasteiger partial charge on any atom is -0.493 e. The number of halogens is 3. The van der Waals surface area contributed by atoms with Gasteiger partial charge >= 0.3 is 12.1 Å². The van der Waals surface area contributed by atoms with E-state index in [1.807, 2.05) is 0 Å². The zero-order chi connectivity index (χ0) is 22.4. The number of hydrogen-bond donors (Lipinski definition) is 0. The van der Waals surface area contributed by atoms with Crippen LogP contribution in [0.3, 0.4) is 0 Å². The molecule has 0 atom stereocenters. The maximum absolute atomic E-state index is 13.0. The van der Waals surface area contributed by atoms with Gasteiger partial charge < -0.3 is 9.47 Å². The quantitative estimate of drug-likeness (QED) is 0.409. The number of fused-ring (bicyclic) bond motifs is 1. The Morgan fingerprint density at radius 1 is 1.23 bits per heavy atom. The van der Waals surface area contributed by atoms with Crippen molar-refractivity contribution in [1.82, 2.24) is 9.38 Å². The number of nitrogens with zero attached hydrogens (tertiary/aromatic N) is 2. The molecule has 0 saturated carbocycles. The van der Waals surface area contributed by atoms with Crippen LogP contribution < -0.4 is 4.74 Å². The van der Waals surface area contributed by atoms with Gasteiger partial charge in [0.1, 0.15) is 5.69 Å². The van der Waals surface area contributed by atoms with Crippen LogP contribution in [0, 0.1) is 11.8 Å². The van der Waals surface area contributed by atoms with Crippen LogP contribution >= 0.6 is 11.8 Å². The molecule has 0 saturated heterocycles. The van der Waals surface area contributed by atoms with E-state index in [9.17, 15) is 18.0 Å². The molecule has 0 fully saturated rings. The van der Waals surface area contributed by atoms with E-state index >= 15 is 0 Å². The van der Waals surface area contributed by atoms with Crippen molar-refractivity contribution in [2.75, 3.05) is 19.5 Å². The van der Waals surface area contributed by atoms with Crippen molar-refractivity contribution in [2.45, 2.75) is 18.9 Å². The zero-order valence-corrected chi connectivity index (χ0v) is 17.6. The summed E-state index contributed by atoms with van der Waals surface area (Å²) in [5.74, 6) is 6.47. The van der Waals surface area contributed by atoms with Crippen LogP contribution in [-0.4, -0.2) is 34.8 Å². The van der Waals surface area contributed by atoms with Gasteiger partial charge in [0.25, 0.3) is 0 Å². The molecule has 0 bridgehead atoms. The van der Waals surface area contributed by atoms with E-state index < -0.39 is 11.7 Å². The van der Waals surface area contributed by atoms with Gasteiger partial charge in [-0.2, -0.15) is 13.2 Å². The lowest BCUT2D eigenvalue weighted by atomic mass is 10.1. The average Bonchev–Trinajstić information content (AvgIpc) is 3.09. The van der Waals surface area contributed by atoms with E-state index in [4.69, 9.17) is 9.47 Å². The number of carbonyl (C=O) groups excluding carboxylic acids is 1. The molecule has 0 aliphatic carbocycles. The first-order valence-corrected chi connectivity index (χ1v) is 10.5. The molecule has 0 unspecified atom stereocenters. The summed E-state index contributed by atoms with van der Waals surface area (Å²) >= 11 is 1.32. The molecule has 3 aromatic rings. The molecule has 0 N–H and O–H groups in total. The average molecular weight is 448 g/mol. The predicted molar refractivity (Wildman–Crippen MR) is 112 cm³/mol. The highest BCUT2D eigenvalue weighted by Crippen LogP contribution is 2.29. The molecule has 0 aliphatic heterocycles. The number of thioether (sulfide) groups is 1. The van der Waals surface area contributed by atoms with Gasteiger partial charge in [-0.15, -0.1) is 11.8 Å². The summed E-state index contributed by atoms with van der Waals surface area (Å²) in [5, 5.41) is 0. The zero-order valence-electron chi connectivity index (χ0n) is 16.8. The molecule has 2 aromatic heterocycles. The van der Waals surface area contributed by atoms with Crippen LogP contribution in [0.4, 0.5) is 13.2 Å². The second kappa shape index (κ2) is 9.79. The van der Waals surface area contributed by atoms with Crippen molar-refractivity contribution < 1.29 is 27.4 Å². The lowest BCUT2D eigenvalue weighted by Gasteiger charge is -2.05. The Kier molecular flexibility index (Phi) is 7.13. The lowest BCUT2D eigenvalue weighted by Crippen LogP contribution is -2.07. The molecule has 162 valence electrons. The first-order valence-electron chi connectivity index (χ1n) is 9.30. The molecule has 5 nitrogen and oxygen atoms in total. The topological polar surface area (TPSA) is 52.8 Å². The summed E-state index contributed by atoms with van der Waals surface area (Å²) in [6.07, 6.45) is -2.69. The van der Waals surface area contributed by atoms with Crippen molar-refractivity contribution in [3.8, 4) is 17.6 Å². The van der Waals surface area contributed by atoms with Crippen LogP contribution in [0.15, 0.2) is 42.6 Å². The predicted octanol–water partition coefficient (Wildman–Crippen LogP) is 4.56. The first kappa shape index (κ1) is 22.6. The van der Waals surface area contributed by atoms with Gasteiger partial charge in [-0.25, -0.2) is 4.98 Å². The molecular weight excluding hydrogens is 429 g/mol. The van der Waals surface area contributed by atoms with Crippen LogP contribution in [0.1, 0.15) is 29.4 Å². The van der Waals surface area contributed by atoms with E-state index in [0.29, 0.717) is 35.1 Å². The van der Waals surface area contributed by atoms with Gasteiger partial charge in [-0.1, -0.05) is 12.0 Å². The van der Waals surface area contributed by atoms with Gasteiger partial charge in [-0.05, 0) is 43.2 Å². The number of pyridine rings is 1. The largest absolute Gasteiger partial charge is 0.493 e. The van der Waals surface area contributed by atoms with Crippen molar-refractivity contribution in [3.63, 3.8) is 0 Å². The Morgan fingerprint density at radius 3 is 2.74 bits per heavy atom. The Labute approximate surface area is 181 Å². The second-order valence-corrected chi connectivity index (χ2v) is 7.29. The van der Waals surface area contributed by atoms with E-state index in [-0.39, 0.29) is 17.3 Å². The van der Waals surface area contributed by atoms with Crippen LogP contribution in [0.25, 0.3) is 5.65 Å². The fraction of sp³-hybridized carbons (Fsp3) is 0.273. The van der Waals surface area contributed by atoms with Crippen molar-refractivity contribution >= 4 is 23.4 Å². The monoisotopic (exact) mass is 448 g/mol. The second-order valence-electron chi connectivity index (χ2n) is 6.30. The highest BCUT2D eigenvalue weighted by atomic mass is 32.2. The smallest absolute Gasteiger partial charge is 0.416 e. The lowest BCUT2D eigenvalue weighted by molar-refractivity contribution is -0.140. The summed E-state index contributed by atoms with van der Waals surface area (Å²) in [6.45, 7) is 2.04. The third-order valence-corrected chi connectivity index (χ3v) is 5.10. The van der Waals surface area contributed by atoms with Crippen molar-refractivity contribution in [3.05, 3.63) is 65.1 Å². The SMILES string of the molecule is CCOC(=O)CSCc1nc2c(OC)cccn2c1C#Cc1cccc(C(F)(F)F)c1. The number of aromatic nitrogens is 2. The Bertz CT molecular complexity index is 1150. The first-order chi connectivity index (χ1) is 14.8. The number of methoxy groups -OCH3 is 1. The van der Waals surface area contributed by atoms with Gasteiger partial charge in [-0.3, -0.25) is 9.20 Å². The molecule has 9 heteroatoms. The highest BCUT2D eigenvalue weighted by Gasteiger charge is 2.30. The number of hydrogen-bond acceptors (Lipinski definition) is 5. The standard InChI is InChI=1S/C22H19F3N2O3S/c1-3-30-20(28)14-31-13-17-18(27-11-5-8-19(29-2)21(27)26-17)10-9-15-6-4-7-16(12-15)22(23,24)25/h4-8,11-12H,3,13-14H2,1-2H3. The highest BCUT2D eigenvalue weighted by molar-refractivity contribution is 7.99. The summed E-state index contributed by atoms with van der Waals surface area (Å²) in [4.78, 5) is 16.2. The van der Waals surface area contributed by atoms with E-state index in [1.54, 1.807) is 29.7 Å². The molecule has 2 heterocycles. The third-order valence-electron chi connectivity index (χ3n) is 4.19. The summed E-state index contributed by atoms with van der Waals surface area (Å²) in [7, 11) is 1.52. The van der Waals surface area contributed by atoms with Crippen molar-refractivity contribution in [1.29, 1.82) is 0 Å². The minimum atomic E-state index is -4.44. The Hall–Kier alpha value is -3.12. The Balaban J connectivity index is 1.97. The molecular formula is C22H19F3N2O3S. The number of imidazole rings is 1. The normalized spacial score (nSPS) is 11.1. The van der Waals surface area contributed by atoms with E-state index in [1.165, 1.54) is 31.0 Å². The Morgan fingerprint density at radius 2 is 2.03 bits per heavy atom. The minimum absolute atomic E-state index is 0.152. The molecule has 1 aromatic carbocycles. The molecule has 0 radical (unpaired) electrons. The van der Waals surface area contributed by atoms with Crippen LogP contribution in [0.5, 0.6) is 5.75 Å². The number of rotatable bonds is 6. The number of ether oxygens (including phenoxy) is 2.